The lowest BCUT2D eigenvalue weighted by atomic mass is 10.0. The molecular formula is C28H26N2O8S4. The molecular weight excluding hydrogens is 621 g/mol. The Morgan fingerprint density at radius 3 is 1.12 bits per heavy atom. The van der Waals surface area contributed by atoms with Crippen LogP contribution in [0.2, 0.25) is 0 Å². The van der Waals surface area contributed by atoms with Gasteiger partial charge in [0.1, 0.15) is 0 Å². The van der Waals surface area contributed by atoms with E-state index in [1.54, 1.807) is 36.4 Å². The quantitative estimate of drug-likeness (QED) is 0.328. The van der Waals surface area contributed by atoms with E-state index in [-0.39, 0.29) is 9.79 Å². The van der Waals surface area contributed by atoms with Crippen LogP contribution in [0.25, 0.3) is 21.5 Å². The molecule has 220 valence electrons. The number of benzene rings is 4. The SMILES string of the molecule is O=S1(=O)C[C@@H]2[C@H](C1)N(S(=O)(=O)c1ccc3ccccc3c1)[C@H]1CS(=O)(=O)C[C@H]1N2S(=O)(=O)c1ccc2ccccc2c1. The molecule has 3 heterocycles. The topological polar surface area (TPSA) is 143 Å². The van der Waals surface area contributed by atoms with Gasteiger partial charge in [-0.05, 0) is 45.8 Å². The first-order valence-corrected chi connectivity index (χ1v) is 19.7. The van der Waals surface area contributed by atoms with Gasteiger partial charge < -0.3 is 0 Å². The predicted molar refractivity (Wildman–Crippen MR) is 158 cm³/mol. The molecule has 7 rings (SSSR count). The Morgan fingerprint density at radius 1 is 0.476 bits per heavy atom. The second-order valence-electron chi connectivity index (χ2n) is 11.1. The molecule has 0 saturated carbocycles. The maximum Gasteiger partial charge on any atom is 0.243 e. The van der Waals surface area contributed by atoms with Gasteiger partial charge in [-0.3, -0.25) is 0 Å². The lowest BCUT2D eigenvalue weighted by Crippen LogP contribution is -2.69. The third-order valence-electron chi connectivity index (χ3n) is 8.49. The molecule has 4 atom stereocenters. The van der Waals surface area contributed by atoms with E-state index in [4.69, 9.17) is 0 Å². The molecule has 0 spiro atoms. The number of piperazine rings is 1. The lowest BCUT2D eigenvalue weighted by Gasteiger charge is -2.49. The van der Waals surface area contributed by atoms with Crippen LogP contribution in [-0.4, -0.2) is 89.5 Å². The summed E-state index contributed by atoms with van der Waals surface area (Å²) in [6.45, 7) is 0. The first-order chi connectivity index (χ1) is 19.8. The molecule has 42 heavy (non-hydrogen) atoms. The van der Waals surface area contributed by atoms with Gasteiger partial charge in [-0.15, -0.1) is 0 Å². The largest absolute Gasteiger partial charge is 0.243 e. The highest BCUT2D eigenvalue weighted by atomic mass is 32.2. The number of fused-ring (bicyclic) bond motifs is 4. The number of sulfonamides is 2. The van der Waals surface area contributed by atoms with Crippen molar-refractivity contribution >= 4 is 61.3 Å². The average molecular weight is 647 g/mol. The van der Waals surface area contributed by atoms with Crippen molar-refractivity contribution in [1.29, 1.82) is 0 Å². The van der Waals surface area contributed by atoms with E-state index in [2.05, 4.69) is 0 Å². The zero-order chi connectivity index (χ0) is 29.7. The van der Waals surface area contributed by atoms with Crippen molar-refractivity contribution in [2.45, 2.75) is 34.0 Å². The van der Waals surface area contributed by atoms with Crippen LogP contribution in [0.5, 0.6) is 0 Å². The Bertz CT molecular complexity index is 2020. The summed E-state index contributed by atoms with van der Waals surface area (Å²) in [4.78, 5) is -0.226. The standard InChI is InChI=1S/C28H26N2O8S4/c31-39(32)15-25-27(17-39)30(42(37,38)24-12-10-20-6-2-4-8-22(20)14-24)28-18-40(33,34)16-26(28)29(25)41(35,36)23-11-9-19-5-1-3-7-21(19)13-23/h1-14,25-28H,15-18H2/t25-,26-,27+,28+. The monoisotopic (exact) mass is 646 g/mol. The Morgan fingerprint density at radius 2 is 0.786 bits per heavy atom. The van der Waals surface area contributed by atoms with Gasteiger partial charge in [-0.25, -0.2) is 33.7 Å². The smallest absolute Gasteiger partial charge is 0.229 e. The van der Waals surface area contributed by atoms with Crippen LogP contribution in [0.4, 0.5) is 0 Å². The summed E-state index contributed by atoms with van der Waals surface area (Å²) in [6.07, 6.45) is 0. The third kappa shape index (κ3) is 4.38. The highest BCUT2D eigenvalue weighted by Crippen LogP contribution is 2.43. The molecule has 0 amide bonds. The molecule has 3 aliphatic rings. The van der Waals surface area contributed by atoms with Crippen molar-refractivity contribution in [2.75, 3.05) is 23.0 Å². The van der Waals surface area contributed by atoms with E-state index in [9.17, 15) is 33.7 Å². The Hall–Kier alpha value is -2.88. The molecule has 14 heteroatoms. The van der Waals surface area contributed by atoms with Crippen LogP contribution in [-0.2, 0) is 39.7 Å². The van der Waals surface area contributed by atoms with Gasteiger partial charge in [0.05, 0.1) is 57.0 Å². The van der Waals surface area contributed by atoms with E-state index >= 15 is 0 Å². The Kier molecular flexibility index (Phi) is 6.19. The third-order valence-corrected chi connectivity index (χ3v) is 15.8. The van der Waals surface area contributed by atoms with Gasteiger partial charge in [-0.2, -0.15) is 8.61 Å². The van der Waals surface area contributed by atoms with Gasteiger partial charge in [0.15, 0.2) is 19.7 Å². The van der Waals surface area contributed by atoms with E-state index in [0.29, 0.717) is 10.8 Å². The second-order valence-corrected chi connectivity index (χ2v) is 19.1. The van der Waals surface area contributed by atoms with Crippen molar-refractivity contribution in [2.24, 2.45) is 0 Å². The van der Waals surface area contributed by atoms with E-state index in [1.807, 2.05) is 24.3 Å². The molecule has 3 saturated heterocycles. The molecule has 0 radical (unpaired) electrons. The Balaban J connectivity index is 1.40. The first-order valence-electron chi connectivity index (χ1n) is 13.2. The van der Waals surface area contributed by atoms with E-state index in [0.717, 1.165) is 19.4 Å². The minimum Gasteiger partial charge on any atom is -0.229 e. The summed E-state index contributed by atoms with van der Waals surface area (Å²) in [5.41, 5.74) is 0. The van der Waals surface area contributed by atoms with Gasteiger partial charge >= 0.3 is 0 Å². The molecule has 10 nitrogen and oxygen atoms in total. The van der Waals surface area contributed by atoms with Gasteiger partial charge in [-0.1, -0.05) is 60.7 Å². The molecule has 3 fully saturated rings. The minimum atomic E-state index is -4.44. The Labute approximate surface area is 244 Å². The number of rotatable bonds is 4. The van der Waals surface area contributed by atoms with Crippen LogP contribution >= 0.6 is 0 Å². The summed E-state index contributed by atoms with van der Waals surface area (Å²) in [5, 5.41) is 2.88. The van der Waals surface area contributed by atoms with Gasteiger partial charge in [0, 0.05) is 0 Å². The fourth-order valence-corrected chi connectivity index (χ4v) is 14.8. The van der Waals surface area contributed by atoms with Crippen LogP contribution in [0, 0.1) is 0 Å². The fourth-order valence-electron chi connectivity index (χ4n) is 6.70. The zero-order valence-corrected chi connectivity index (χ0v) is 25.3. The van der Waals surface area contributed by atoms with Crippen molar-refractivity contribution in [3.8, 4) is 0 Å². The molecule has 4 aromatic rings. The van der Waals surface area contributed by atoms with Crippen molar-refractivity contribution < 1.29 is 33.7 Å². The summed E-state index contributed by atoms with van der Waals surface area (Å²) in [5.74, 6) is -2.45. The summed E-state index contributed by atoms with van der Waals surface area (Å²) in [6, 6.07) is 18.1. The second kappa shape index (κ2) is 9.31. The van der Waals surface area contributed by atoms with Crippen LogP contribution in [0.1, 0.15) is 0 Å². The van der Waals surface area contributed by atoms with Crippen LogP contribution in [0.15, 0.2) is 94.7 Å². The predicted octanol–water partition coefficient (Wildman–Crippen LogP) is 2.02. The molecule has 0 unspecified atom stereocenters. The maximum absolute atomic E-state index is 14.3. The lowest BCUT2D eigenvalue weighted by molar-refractivity contribution is 0.0841. The first kappa shape index (κ1) is 27.9. The maximum atomic E-state index is 14.3. The fraction of sp³-hybridized carbons (Fsp3) is 0.286. The van der Waals surface area contributed by atoms with E-state index in [1.165, 1.54) is 24.3 Å². The van der Waals surface area contributed by atoms with Crippen LogP contribution < -0.4 is 0 Å². The molecule has 0 N–H and O–H groups in total. The molecule has 3 aliphatic heterocycles. The van der Waals surface area contributed by atoms with Crippen molar-refractivity contribution in [1.82, 2.24) is 8.61 Å². The highest BCUT2D eigenvalue weighted by molar-refractivity contribution is 7.93. The highest BCUT2D eigenvalue weighted by Gasteiger charge is 2.63. The van der Waals surface area contributed by atoms with E-state index < -0.39 is 86.9 Å². The molecule has 0 aromatic heterocycles. The molecule has 0 bridgehead atoms. The zero-order valence-electron chi connectivity index (χ0n) is 22.0. The van der Waals surface area contributed by atoms with Gasteiger partial charge in [0.2, 0.25) is 20.0 Å². The normalized spacial score (nSPS) is 27.6. The van der Waals surface area contributed by atoms with Crippen molar-refractivity contribution in [3.63, 3.8) is 0 Å². The summed E-state index contributed by atoms with van der Waals surface area (Å²) < 4.78 is 111. The van der Waals surface area contributed by atoms with Crippen molar-refractivity contribution in [3.05, 3.63) is 84.9 Å². The van der Waals surface area contributed by atoms with Crippen LogP contribution in [0.3, 0.4) is 0 Å². The molecule has 4 aromatic carbocycles. The van der Waals surface area contributed by atoms with Gasteiger partial charge in [0.25, 0.3) is 0 Å². The number of hydrogen-bond donors (Lipinski definition) is 0. The number of hydrogen-bond acceptors (Lipinski definition) is 8. The average Bonchev–Trinajstić information content (AvgIpc) is 3.42. The number of nitrogens with zero attached hydrogens (tertiary/aromatic N) is 2. The summed E-state index contributed by atoms with van der Waals surface area (Å²) >= 11 is 0. The summed E-state index contributed by atoms with van der Waals surface area (Å²) in [7, 11) is -16.6. The molecule has 0 aliphatic carbocycles. The number of sulfone groups is 2. The minimum absolute atomic E-state index is 0.113.